The lowest BCUT2D eigenvalue weighted by atomic mass is 9.92. The molecular weight excluding hydrogens is 448 g/mol. The fraction of sp³-hybridized carbons (Fsp3) is 0.476. The Morgan fingerprint density at radius 3 is 2.62 bits per heavy atom. The molecule has 174 valence electrons. The van der Waals surface area contributed by atoms with Crippen molar-refractivity contribution in [3.8, 4) is 5.75 Å². The van der Waals surface area contributed by atoms with Gasteiger partial charge < -0.3 is 25.3 Å². The van der Waals surface area contributed by atoms with Gasteiger partial charge >= 0.3 is 6.61 Å². The van der Waals surface area contributed by atoms with Crippen LogP contribution in [-0.2, 0) is 14.3 Å². The summed E-state index contributed by atoms with van der Waals surface area (Å²) in [5.41, 5.74) is 5.73. The third kappa shape index (κ3) is 6.98. The summed E-state index contributed by atoms with van der Waals surface area (Å²) in [7, 11) is 0. The van der Waals surface area contributed by atoms with Gasteiger partial charge in [0.05, 0.1) is 35.4 Å². The summed E-state index contributed by atoms with van der Waals surface area (Å²) in [4.78, 5) is 27.4. The standard InChI is InChI=1S/C21H24ClF2N3O5/c22-16-8-12-7-13(10-26-17(12)9-18(16)32-21(23)24)20(29)27-14-1-3-15(4-2-14)31-6-5-30-11-19(25)28/h7-10,14-15,21H,1-6,11H2,(H2,25,28)(H,27,29). The highest BCUT2D eigenvalue weighted by Crippen LogP contribution is 2.31. The average molecular weight is 472 g/mol. The van der Waals surface area contributed by atoms with Crippen molar-refractivity contribution in [1.29, 1.82) is 0 Å². The number of hydrogen-bond donors (Lipinski definition) is 2. The van der Waals surface area contributed by atoms with Crippen LogP contribution in [0.25, 0.3) is 10.9 Å². The van der Waals surface area contributed by atoms with E-state index in [1.807, 2.05) is 0 Å². The van der Waals surface area contributed by atoms with Gasteiger partial charge in [-0.3, -0.25) is 14.6 Å². The van der Waals surface area contributed by atoms with Gasteiger partial charge in [0.15, 0.2) is 0 Å². The summed E-state index contributed by atoms with van der Waals surface area (Å²) in [5.74, 6) is -0.957. The molecule has 1 aromatic heterocycles. The number of carbonyl (C=O) groups is 2. The highest BCUT2D eigenvalue weighted by atomic mass is 35.5. The Balaban J connectivity index is 1.49. The first-order valence-electron chi connectivity index (χ1n) is 10.1. The first kappa shape index (κ1) is 24.1. The van der Waals surface area contributed by atoms with Crippen molar-refractivity contribution in [3.63, 3.8) is 0 Å². The maximum absolute atomic E-state index is 12.6. The van der Waals surface area contributed by atoms with Gasteiger partial charge in [-0.05, 0) is 37.8 Å². The molecule has 0 unspecified atom stereocenters. The molecule has 2 aromatic rings. The summed E-state index contributed by atoms with van der Waals surface area (Å²) >= 11 is 5.99. The van der Waals surface area contributed by atoms with Crippen LogP contribution in [0.5, 0.6) is 5.75 Å². The van der Waals surface area contributed by atoms with Gasteiger partial charge in [-0.1, -0.05) is 11.6 Å². The van der Waals surface area contributed by atoms with Crippen LogP contribution in [0.1, 0.15) is 36.0 Å². The molecule has 0 radical (unpaired) electrons. The van der Waals surface area contributed by atoms with Crippen molar-refractivity contribution in [3.05, 3.63) is 35.0 Å². The number of pyridine rings is 1. The second-order valence-corrected chi connectivity index (χ2v) is 7.82. The molecule has 0 bridgehead atoms. The molecule has 3 rings (SSSR count). The number of rotatable bonds is 10. The number of nitrogens with two attached hydrogens (primary N) is 1. The van der Waals surface area contributed by atoms with E-state index in [-0.39, 0.29) is 35.4 Å². The number of aromatic nitrogens is 1. The molecule has 3 N–H and O–H groups in total. The number of alkyl halides is 2. The van der Waals surface area contributed by atoms with Crippen LogP contribution in [0, 0.1) is 0 Å². The molecule has 0 aliphatic heterocycles. The van der Waals surface area contributed by atoms with Gasteiger partial charge in [-0.25, -0.2) is 0 Å². The maximum atomic E-state index is 12.6. The van der Waals surface area contributed by atoms with E-state index >= 15 is 0 Å². The molecule has 1 aliphatic rings. The topological polar surface area (TPSA) is 113 Å². The van der Waals surface area contributed by atoms with Gasteiger partial charge in [-0.2, -0.15) is 8.78 Å². The summed E-state index contributed by atoms with van der Waals surface area (Å²) in [6.45, 7) is -2.44. The number of amides is 2. The predicted octanol–water partition coefficient (Wildman–Crippen LogP) is 3.05. The molecule has 0 atom stereocenters. The number of carbonyl (C=O) groups excluding carboxylic acids is 2. The molecule has 0 spiro atoms. The Morgan fingerprint density at radius 1 is 1.19 bits per heavy atom. The largest absolute Gasteiger partial charge is 0.433 e. The highest BCUT2D eigenvalue weighted by molar-refractivity contribution is 6.32. The third-order valence-corrected chi connectivity index (χ3v) is 5.34. The summed E-state index contributed by atoms with van der Waals surface area (Å²) in [5, 5.41) is 3.55. The van der Waals surface area contributed by atoms with Crippen LogP contribution in [0.4, 0.5) is 8.78 Å². The zero-order valence-electron chi connectivity index (χ0n) is 17.2. The van der Waals surface area contributed by atoms with Crippen LogP contribution in [-0.4, -0.2) is 55.4 Å². The van der Waals surface area contributed by atoms with Gasteiger partial charge in [-0.15, -0.1) is 0 Å². The number of ether oxygens (including phenoxy) is 3. The van der Waals surface area contributed by atoms with Crippen LogP contribution >= 0.6 is 11.6 Å². The number of nitrogens with one attached hydrogen (secondary N) is 1. The molecular formula is C21H24ClF2N3O5. The smallest absolute Gasteiger partial charge is 0.387 e. The number of halogens is 3. The zero-order chi connectivity index (χ0) is 23.1. The minimum Gasteiger partial charge on any atom is -0.433 e. The van der Waals surface area contributed by atoms with Gasteiger partial charge in [0, 0.05) is 23.7 Å². The normalized spacial score (nSPS) is 18.6. The Morgan fingerprint density at radius 2 is 1.94 bits per heavy atom. The zero-order valence-corrected chi connectivity index (χ0v) is 17.9. The fourth-order valence-corrected chi connectivity index (χ4v) is 3.75. The average Bonchev–Trinajstić information content (AvgIpc) is 2.74. The second kappa shape index (κ2) is 11.3. The molecule has 1 aliphatic carbocycles. The predicted molar refractivity (Wildman–Crippen MR) is 113 cm³/mol. The Kier molecular flexibility index (Phi) is 8.54. The Labute approximate surface area is 188 Å². The lowest BCUT2D eigenvalue weighted by molar-refractivity contribution is -0.123. The molecule has 1 heterocycles. The lowest BCUT2D eigenvalue weighted by Crippen LogP contribution is -2.39. The van der Waals surface area contributed by atoms with Gasteiger partial charge in [0.2, 0.25) is 5.91 Å². The number of nitrogens with zero attached hydrogens (tertiary/aromatic N) is 1. The fourth-order valence-electron chi connectivity index (χ4n) is 3.53. The quantitative estimate of drug-likeness (QED) is 0.515. The van der Waals surface area contributed by atoms with E-state index in [1.54, 1.807) is 6.07 Å². The van der Waals surface area contributed by atoms with Gasteiger partial charge in [0.25, 0.3) is 5.91 Å². The third-order valence-electron chi connectivity index (χ3n) is 5.05. The van der Waals surface area contributed by atoms with E-state index < -0.39 is 12.5 Å². The SMILES string of the molecule is NC(=O)COCCOC1CCC(NC(=O)c2cnc3cc(OC(F)F)c(Cl)cc3c2)CC1. The summed E-state index contributed by atoms with van der Waals surface area (Å²) < 4.78 is 40.1. The van der Waals surface area contributed by atoms with E-state index in [9.17, 15) is 18.4 Å². The van der Waals surface area contributed by atoms with Crippen LogP contribution in [0.2, 0.25) is 5.02 Å². The summed E-state index contributed by atoms with van der Waals surface area (Å²) in [6, 6.07) is 4.37. The number of fused-ring (bicyclic) bond motifs is 1. The Bertz CT molecular complexity index is 954. The van der Waals surface area contributed by atoms with E-state index in [2.05, 4.69) is 15.0 Å². The van der Waals surface area contributed by atoms with Crippen molar-refractivity contribution in [1.82, 2.24) is 10.3 Å². The monoisotopic (exact) mass is 471 g/mol. The van der Waals surface area contributed by atoms with E-state index in [0.29, 0.717) is 29.7 Å². The molecule has 11 heteroatoms. The van der Waals surface area contributed by atoms with Crippen LogP contribution in [0.3, 0.4) is 0 Å². The van der Waals surface area contributed by atoms with Gasteiger partial charge in [0.1, 0.15) is 12.4 Å². The Hall–Kier alpha value is -2.56. The van der Waals surface area contributed by atoms with Crippen molar-refractivity contribution in [2.75, 3.05) is 19.8 Å². The molecule has 2 amide bonds. The van der Waals surface area contributed by atoms with E-state index in [1.165, 1.54) is 18.3 Å². The highest BCUT2D eigenvalue weighted by Gasteiger charge is 2.23. The van der Waals surface area contributed by atoms with Crippen molar-refractivity contribution in [2.45, 2.75) is 44.4 Å². The minimum absolute atomic E-state index is 0.00886. The second-order valence-electron chi connectivity index (χ2n) is 7.41. The first-order chi connectivity index (χ1) is 15.3. The van der Waals surface area contributed by atoms with Crippen molar-refractivity contribution < 1.29 is 32.6 Å². The minimum atomic E-state index is -2.99. The molecule has 8 nitrogen and oxygen atoms in total. The summed E-state index contributed by atoms with van der Waals surface area (Å²) in [6.07, 6.45) is 4.57. The first-order valence-corrected chi connectivity index (χ1v) is 10.5. The number of benzene rings is 1. The van der Waals surface area contributed by atoms with Crippen molar-refractivity contribution in [2.24, 2.45) is 5.73 Å². The van der Waals surface area contributed by atoms with E-state index in [0.717, 1.165) is 25.7 Å². The van der Waals surface area contributed by atoms with Crippen LogP contribution < -0.4 is 15.8 Å². The number of primary amides is 1. The number of hydrogen-bond acceptors (Lipinski definition) is 6. The van der Waals surface area contributed by atoms with Crippen molar-refractivity contribution >= 4 is 34.3 Å². The van der Waals surface area contributed by atoms with E-state index in [4.69, 9.17) is 26.8 Å². The molecule has 1 aromatic carbocycles. The molecule has 0 saturated heterocycles. The maximum Gasteiger partial charge on any atom is 0.387 e. The molecule has 1 saturated carbocycles. The molecule has 1 fully saturated rings. The lowest BCUT2D eigenvalue weighted by Gasteiger charge is -2.29. The molecule has 32 heavy (non-hydrogen) atoms. The van der Waals surface area contributed by atoms with Crippen LogP contribution in [0.15, 0.2) is 24.4 Å².